The van der Waals surface area contributed by atoms with E-state index >= 15 is 0 Å². The van der Waals surface area contributed by atoms with Gasteiger partial charge in [-0.15, -0.1) is 0 Å². The van der Waals surface area contributed by atoms with Gasteiger partial charge in [0.1, 0.15) is 0 Å². The fraction of sp³-hybridized carbons (Fsp3) is 0.714. The molecule has 0 fully saturated rings. The van der Waals surface area contributed by atoms with Gasteiger partial charge in [-0.2, -0.15) is 0 Å². The first-order chi connectivity index (χ1) is 3.81. The Morgan fingerprint density at radius 1 is 1.62 bits per heavy atom. The van der Waals surface area contributed by atoms with Gasteiger partial charge in [0.25, 0.3) is 0 Å². The fourth-order valence-corrected chi connectivity index (χ4v) is 0.431. The lowest BCUT2D eigenvalue weighted by Gasteiger charge is -1.95. The van der Waals surface area contributed by atoms with Gasteiger partial charge in [-0.1, -0.05) is 13.3 Å². The standard InChI is InChI=1S/C7H14O/c1-4-5-6-7(2)8-3/h6H,4-5H2,1-3H3/b7-6-. The van der Waals surface area contributed by atoms with Crippen molar-refractivity contribution in [2.45, 2.75) is 26.7 Å². The van der Waals surface area contributed by atoms with E-state index in [4.69, 9.17) is 4.74 Å². The topological polar surface area (TPSA) is 9.23 Å². The molecule has 0 aromatic carbocycles. The molecule has 8 heavy (non-hydrogen) atoms. The molecule has 0 unspecified atom stereocenters. The average Bonchev–Trinajstić information content (AvgIpc) is 1.83. The van der Waals surface area contributed by atoms with Crippen molar-refractivity contribution in [3.8, 4) is 0 Å². The number of unbranched alkanes of at least 4 members (excludes halogenated alkanes) is 1. The SMILES string of the molecule is CCC/C=C(/C)OC. The third-order valence-electron chi connectivity index (χ3n) is 1.04. The molecule has 1 heteroatoms. The van der Waals surface area contributed by atoms with Crippen LogP contribution in [0.1, 0.15) is 26.7 Å². The van der Waals surface area contributed by atoms with E-state index in [1.807, 2.05) is 6.92 Å². The maximum Gasteiger partial charge on any atom is 0.0884 e. The Morgan fingerprint density at radius 3 is 2.62 bits per heavy atom. The summed E-state index contributed by atoms with van der Waals surface area (Å²) in [5.74, 6) is 1.02. The van der Waals surface area contributed by atoms with Crippen LogP contribution in [-0.4, -0.2) is 7.11 Å². The average molecular weight is 114 g/mol. The quantitative estimate of drug-likeness (QED) is 0.512. The zero-order valence-corrected chi connectivity index (χ0v) is 5.90. The van der Waals surface area contributed by atoms with Crippen molar-refractivity contribution in [2.24, 2.45) is 0 Å². The van der Waals surface area contributed by atoms with Crippen LogP contribution in [-0.2, 0) is 4.74 Å². The summed E-state index contributed by atoms with van der Waals surface area (Å²) in [4.78, 5) is 0. The fourth-order valence-electron chi connectivity index (χ4n) is 0.431. The molecule has 0 amide bonds. The number of rotatable bonds is 3. The maximum absolute atomic E-state index is 4.91. The summed E-state index contributed by atoms with van der Waals surface area (Å²) in [5.41, 5.74) is 0. The Kier molecular flexibility index (Phi) is 4.42. The number of ether oxygens (including phenoxy) is 1. The van der Waals surface area contributed by atoms with E-state index < -0.39 is 0 Å². The van der Waals surface area contributed by atoms with Gasteiger partial charge in [0.05, 0.1) is 12.9 Å². The van der Waals surface area contributed by atoms with Gasteiger partial charge in [0, 0.05) is 0 Å². The van der Waals surface area contributed by atoms with Crippen molar-refractivity contribution in [1.82, 2.24) is 0 Å². The van der Waals surface area contributed by atoms with Crippen LogP contribution in [0.3, 0.4) is 0 Å². The van der Waals surface area contributed by atoms with Crippen LogP contribution in [0.25, 0.3) is 0 Å². The van der Waals surface area contributed by atoms with Crippen LogP contribution in [0.4, 0.5) is 0 Å². The van der Waals surface area contributed by atoms with Crippen LogP contribution in [0.2, 0.25) is 0 Å². The van der Waals surface area contributed by atoms with Crippen molar-refractivity contribution in [1.29, 1.82) is 0 Å². The van der Waals surface area contributed by atoms with Gasteiger partial charge in [0.15, 0.2) is 0 Å². The van der Waals surface area contributed by atoms with Crippen LogP contribution in [0.5, 0.6) is 0 Å². The second-order valence-electron chi connectivity index (χ2n) is 1.81. The van der Waals surface area contributed by atoms with E-state index in [9.17, 15) is 0 Å². The third-order valence-corrected chi connectivity index (χ3v) is 1.04. The molecule has 0 N–H and O–H groups in total. The minimum atomic E-state index is 1.02. The molecule has 0 spiro atoms. The molecule has 0 saturated carbocycles. The van der Waals surface area contributed by atoms with E-state index in [-0.39, 0.29) is 0 Å². The second-order valence-corrected chi connectivity index (χ2v) is 1.81. The molecule has 1 nitrogen and oxygen atoms in total. The van der Waals surface area contributed by atoms with Gasteiger partial charge < -0.3 is 4.74 Å². The predicted octanol–water partition coefficient (Wildman–Crippen LogP) is 2.34. The summed E-state index contributed by atoms with van der Waals surface area (Å²) < 4.78 is 4.91. The highest BCUT2D eigenvalue weighted by atomic mass is 16.5. The molecular formula is C7H14O. The van der Waals surface area contributed by atoms with Crippen molar-refractivity contribution < 1.29 is 4.74 Å². The first-order valence-electron chi connectivity index (χ1n) is 3.02. The Balaban J connectivity index is 3.26. The van der Waals surface area contributed by atoms with Crippen LogP contribution < -0.4 is 0 Å². The number of allylic oxidation sites excluding steroid dienone is 2. The van der Waals surface area contributed by atoms with Gasteiger partial charge in [-0.25, -0.2) is 0 Å². The zero-order valence-electron chi connectivity index (χ0n) is 5.90. The summed E-state index contributed by atoms with van der Waals surface area (Å²) in [7, 11) is 1.70. The Labute approximate surface area is 51.4 Å². The molecule has 0 aliphatic heterocycles. The highest BCUT2D eigenvalue weighted by Gasteiger charge is 1.80. The molecule has 48 valence electrons. The van der Waals surface area contributed by atoms with Gasteiger partial charge in [-0.05, 0) is 19.4 Å². The Hall–Kier alpha value is -0.460. The van der Waals surface area contributed by atoms with E-state index in [1.165, 1.54) is 6.42 Å². The smallest absolute Gasteiger partial charge is 0.0884 e. The lowest BCUT2D eigenvalue weighted by atomic mass is 10.3. The van der Waals surface area contributed by atoms with Crippen molar-refractivity contribution in [3.63, 3.8) is 0 Å². The number of hydrogen-bond acceptors (Lipinski definition) is 1. The van der Waals surface area contributed by atoms with Crippen LogP contribution >= 0.6 is 0 Å². The molecule has 0 aromatic heterocycles. The Bertz CT molecular complexity index is 74.5. The summed E-state index contributed by atoms with van der Waals surface area (Å²) in [6.07, 6.45) is 4.42. The van der Waals surface area contributed by atoms with E-state index in [1.54, 1.807) is 7.11 Å². The van der Waals surface area contributed by atoms with E-state index in [0.717, 1.165) is 12.2 Å². The molecule has 0 heterocycles. The molecule has 0 aliphatic rings. The molecule has 0 atom stereocenters. The molecule has 0 saturated heterocycles. The number of hydrogen-bond donors (Lipinski definition) is 0. The number of methoxy groups -OCH3 is 1. The summed E-state index contributed by atoms with van der Waals surface area (Å²) >= 11 is 0. The third kappa shape index (κ3) is 3.72. The second kappa shape index (κ2) is 4.69. The van der Waals surface area contributed by atoms with Crippen molar-refractivity contribution >= 4 is 0 Å². The minimum Gasteiger partial charge on any atom is -0.502 e. The van der Waals surface area contributed by atoms with Crippen LogP contribution in [0, 0.1) is 0 Å². The van der Waals surface area contributed by atoms with Gasteiger partial charge >= 0.3 is 0 Å². The first-order valence-corrected chi connectivity index (χ1v) is 3.02. The van der Waals surface area contributed by atoms with Gasteiger partial charge in [0.2, 0.25) is 0 Å². The molecule has 0 aliphatic carbocycles. The first kappa shape index (κ1) is 7.54. The van der Waals surface area contributed by atoms with E-state index in [2.05, 4.69) is 13.0 Å². The molecular weight excluding hydrogens is 100 g/mol. The largest absolute Gasteiger partial charge is 0.502 e. The molecule has 0 bridgehead atoms. The normalized spacial score (nSPS) is 11.6. The van der Waals surface area contributed by atoms with Gasteiger partial charge in [-0.3, -0.25) is 0 Å². The van der Waals surface area contributed by atoms with E-state index in [0.29, 0.717) is 0 Å². The Morgan fingerprint density at radius 2 is 2.25 bits per heavy atom. The summed E-state index contributed by atoms with van der Waals surface area (Å²) in [6.45, 7) is 4.12. The lowest BCUT2D eigenvalue weighted by Crippen LogP contribution is -1.77. The summed E-state index contributed by atoms with van der Waals surface area (Å²) in [5, 5.41) is 0. The highest BCUT2D eigenvalue weighted by Crippen LogP contribution is 1.96. The molecule has 0 aromatic rings. The van der Waals surface area contributed by atoms with Crippen LogP contribution in [0.15, 0.2) is 11.8 Å². The van der Waals surface area contributed by atoms with Crippen molar-refractivity contribution in [2.75, 3.05) is 7.11 Å². The predicted molar refractivity (Wildman–Crippen MR) is 35.7 cm³/mol. The molecule has 0 rings (SSSR count). The lowest BCUT2D eigenvalue weighted by molar-refractivity contribution is 0.291. The maximum atomic E-state index is 4.91. The minimum absolute atomic E-state index is 1.02. The van der Waals surface area contributed by atoms with Crippen molar-refractivity contribution in [3.05, 3.63) is 11.8 Å². The molecule has 0 radical (unpaired) electrons. The summed E-state index contributed by atoms with van der Waals surface area (Å²) in [6, 6.07) is 0. The monoisotopic (exact) mass is 114 g/mol. The zero-order chi connectivity index (χ0) is 6.41. The highest BCUT2D eigenvalue weighted by molar-refractivity contribution is 4.86.